The van der Waals surface area contributed by atoms with Crippen LogP contribution >= 0.6 is 43.6 Å². The highest BCUT2D eigenvalue weighted by Gasteiger charge is 2.25. The second kappa shape index (κ2) is 11.1. The Kier molecular flexibility index (Phi) is 8.50. The number of aromatic nitrogens is 3. The van der Waals surface area contributed by atoms with Gasteiger partial charge in [-0.05, 0) is 52.2 Å². The zero-order valence-corrected chi connectivity index (χ0v) is 21.8. The quantitative estimate of drug-likeness (QED) is 0.358. The van der Waals surface area contributed by atoms with Gasteiger partial charge in [0.25, 0.3) is 5.91 Å². The maximum absolute atomic E-state index is 12.7. The van der Waals surface area contributed by atoms with E-state index in [0.29, 0.717) is 22.2 Å². The van der Waals surface area contributed by atoms with Crippen LogP contribution in [0.4, 0.5) is 5.69 Å². The largest absolute Gasteiger partial charge is 0.342 e. The van der Waals surface area contributed by atoms with Crippen molar-refractivity contribution in [2.24, 2.45) is 13.0 Å². The van der Waals surface area contributed by atoms with Gasteiger partial charge in [-0.25, -0.2) is 0 Å². The number of thioether (sulfide) groups is 1. The van der Waals surface area contributed by atoms with Crippen molar-refractivity contribution in [1.82, 2.24) is 20.1 Å². The van der Waals surface area contributed by atoms with Crippen LogP contribution in [0.5, 0.6) is 0 Å². The normalized spacial score (nSPS) is 11.9. The number of halogens is 2. The molecule has 2 N–H and O–H groups in total. The first kappa shape index (κ1) is 24.5. The van der Waals surface area contributed by atoms with Crippen molar-refractivity contribution in [3.05, 3.63) is 68.9 Å². The summed E-state index contributed by atoms with van der Waals surface area (Å²) in [6, 6.07) is 14.3. The highest BCUT2D eigenvalue weighted by atomic mass is 79.9. The van der Waals surface area contributed by atoms with Gasteiger partial charge >= 0.3 is 0 Å². The maximum atomic E-state index is 12.7. The molecule has 3 rings (SSSR count). The predicted molar refractivity (Wildman–Crippen MR) is 134 cm³/mol. The third-order valence-corrected chi connectivity index (χ3v) is 6.88. The van der Waals surface area contributed by atoms with Gasteiger partial charge in [0.1, 0.15) is 0 Å². The number of hydrogen-bond donors (Lipinski definition) is 2. The molecule has 168 valence electrons. The van der Waals surface area contributed by atoms with Gasteiger partial charge in [-0.1, -0.05) is 59.7 Å². The van der Waals surface area contributed by atoms with E-state index in [1.54, 1.807) is 12.1 Å². The molecule has 0 radical (unpaired) electrons. The minimum absolute atomic E-state index is 0.0978. The number of hydrogen-bond acceptors (Lipinski definition) is 5. The maximum Gasteiger partial charge on any atom is 0.251 e. The van der Waals surface area contributed by atoms with Gasteiger partial charge in [-0.3, -0.25) is 9.59 Å². The molecule has 32 heavy (non-hydrogen) atoms. The average Bonchev–Trinajstić information content (AvgIpc) is 3.13. The summed E-state index contributed by atoms with van der Waals surface area (Å²) in [7, 11) is 1.84. The molecule has 0 fully saturated rings. The van der Waals surface area contributed by atoms with Crippen LogP contribution in [-0.4, -0.2) is 32.3 Å². The van der Waals surface area contributed by atoms with Gasteiger partial charge in [0.15, 0.2) is 11.0 Å². The third-order valence-electron chi connectivity index (χ3n) is 4.67. The summed E-state index contributed by atoms with van der Waals surface area (Å²) in [5.41, 5.74) is 1.28. The summed E-state index contributed by atoms with van der Waals surface area (Å²) in [4.78, 5) is 25.1. The predicted octanol–water partition coefficient (Wildman–Crippen LogP) is 5.20. The first-order valence-electron chi connectivity index (χ1n) is 9.89. The van der Waals surface area contributed by atoms with E-state index in [9.17, 15) is 9.59 Å². The van der Waals surface area contributed by atoms with E-state index in [0.717, 1.165) is 8.95 Å². The van der Waals surface area contributed by atoms with Crippen molar-refractivity contribution in [3.8, 4) is 0 Å². The highest BCUT2D eigenvalue weighted by Crippen LogP contribution is 2.27. The Labute approximate surface area is 208 Å². The van der Waals surface area contributed by atoms with E-state index in [1.807, 2.05) is 61.9 Å². The molecule has 1 atom stereocenters. The zero-order valence-electron chi connectivity index (χ0n) is 17.8. The average molecular weight is 581 g/mol. The van der Waals surface area contributed by atoms with Crippen molar-refractivity contribution < 1.29 is 9.59 Å². The number of nitrogens with zero attached hydrogens (tertiary/aromatic N) is 3. The molecule has 0 bridgehead atoms. The molecular weight excluding hydrogens is 558 g/mol. The van der Waals surface area contributed by atoms with Gasteiger partial charge in [0.2, 0.25) is 5.91 Å². The Hall–Kier alpha value is -2.17. The molecule has 2 amide bonds. The van der Waals surface area contributed by atoms with Crippen LogP contribution in [0.3, 0.4) is 0 Å². The molecule has 7 nitrogen and oxygen atoms in total. The van der Waals surface area contributed by atoms with Gasteiger partial charge in [-0.2, -0.15) is 0 Å². The van der Waals surface area contributed by atoms with Crippen LogP contribution in [0.15, 0.2) is 62.6 Å². The van der Waals surface area contributed by atoms with Crippen LogP contribution in [0.2, 0.25) is 0 Å². The van der Waals surface area contributed by atoms with Crippen LogP contribution in [0.1, 0.15) is 36.1 Å². The fraction of sp³-hybridized carbons (Fsp3) is 0.273. The van der Waals surface area contributed by atoms with Crippen LogP contribution in [0, 0.1) is 5.92 Å². The van der Waals surface area contributed by atoms with E-state index in [-0.39, 0.29) is 29.5 Å². The van der Waals surface area contributed by atoms with Crippen molar-refractivity contribution in [1.29, 1.82) is 0 Å². The summed E-state index contributed by atoms with van der Waals surface area (Å²) in [5.74, 6) is 0.590. The fourth-order valence-electron chi connectivity index (χ4n) is 2.98. The molecule has 1 aromatic heterocycles. The molecule has 3 aromatic rings. The Morgan fingerprint density at radius 2 is 1.81 bits per heavy atom. The van der Waals surface area contributed by atoms with E-state index >= 15 is 0 Å². The molecule has 0 unspecified atom stereocenters. The summed E-state index contributed by atoms with van der Waals surface area (Å²) in [5, 5.41) is 15.1. The molecule has 1 heterocycles. The number of nitrogens with one attached hydrogen (secondary N) is 2. The van der Waals surface area contributed by atoms with Crippen LogP contribution in [0.25, 0.3) is 0 Å². The summed E-state index contributed by atoms with van der Waals surface area (Å²) < 4.78 is 3.50. The van der Waals surface area contributed by atoms with E-state index in [4.69, 9.17) is 0 Å². The monoisotopic (exact) mass is 579 g/mol. The van der Waals surface area contributed by atoms with Crippen molar-refractivity contribution in [2.45, 2.75) is 25.0 Å². The molecule has 0 aliphatic heterocycles. The lowest BCUT2D eigenvalue weighted by Gasteiger charge is -2.21. The summed E-state index contributed by atoms with van der Waals surface area (Å²) in [6.07, 6.45) is 0. The number of anilines is 1. The first-order chi connectivity index (χ1) is 15.3. The standard InChI is InChI=1S/C22H23Br2N5O2S/c1-13(2)19(26-21(31)14-7-5-4-6-8-14)20-27-28-22(29(20)3)32-12-18(30)25-17-11-15(23)9-10-16(17)24/h4-11,13,19H,12H2,1-3H3,(H,25,30)(H,26,31)/t19-/m1/s1. The first-order valence-corrected chi connectivity index (χ1v) is 12.5. The molecule has 2 aromatic carbocycles. The Morgan fingerprint density at radius 1 is 1.09 bits per heavy atom. The summed E-state index contributed by atoms with van der Waals surface area (Å²) in [6.45, 7) is 4.03. The lowest BCUT2D eigenvalue weighted by Crippen LogP contribution is -2.33. The molecule has 10 heteroatoms. The number of amides is 2. The molecule has 0 aliphatic carbocycles. The van der Waals surface area contributed by atoms with E-state index < -0.39 is 0 Å². The Bertz CT molecular complexity index is 1100. The molecule has 0 saturated heterocycles. The van der Waals surface area contributed by atoms with E-state index in [1.165, 1.54) is 11.8 Å². The van der Waals surface area contributed by atoms with Gasteiger partial charge in [0, 0.05) is 21.6 Å². The second-order valence-corrected chi connectivity index (χ2v) is 10.1. The van der Waals surface area contributed by atoms with Gasteiger partial charge < -0.3 is 15.2 Å². The zero-order chi connectivity index (χ0) is 23.3. The fourth-order valence-corrected chi connectivity index (χ4v) is 4.40. The SMILES string of the molecule is CC(C)[C@@H](NC(=O)c1ccccc1)c1nnc(SCC(=O)Nc2cc(Br)ccc2Br)n1C. The Morgan fingerprint density at radius 3 is 2.50 bits per heavy atom. The third kappa shape index (κ3) is 6.20. The van der Waals surface area contributed by atoms with Gasteiger partial charge in [0.05, 0.1) is 17.5 Å². The Balaban J connectivity index is 1.67. The highest BCUT2D eigenvalue weighted by molar-refractivity contribution is 9.11. The number of carbonyl (C=O) groups is 2. The lowest BCUT2D eigenvalue weighted by molar-refractivity contribution is -0.113. The van der Waals surface area contributed by atoms with E-state index in [2.05, 4.69) is 52.7 Å². The molecular formula is C22H23Br2N5O2S. The molecule has 0 saturated carbocycles. The van der Waals surface area contributed by atoms with Crippen LogP contribution in [-0.2, 0) is 11.8 Å². The topological polar surface area (TPSA) is 88.9 Å². The molecule has 0 spiro atoms. The molecule has 0 aliphatic rings. The van der Waals surface area contributed by atoms with Crippen LogP contribution < -0.4 is 10.6 Å². The lowest BCUT2D eigenvalue weighted by atomic mass is 10.0. The van der Waals surface area contributed by atoms with Crippen molar-refractivity contribution in [2.75, 3.05) is 11.1 Å². The minimum Gasteiger partial charge on any atom is -0.342 e. The summed E-state index contributed by atoms with van der Waals surface area (Å²) >= 11 is 8.12. The van der Waals surface area contributed by atoms with Crippen molar-refractivity contribution in [3.63, 3.8) is 0 Å². The number of carbonyl (C=O) groups excluding carboxylic acids is 2. The number of benzene rings is 2. The smallest absolute Gasteiger partial charge is 0.251 e. The van der Waals surface area contributed by atoms with Crippen molar-refractivity contribution >= 4 is 61.1 Å². The van der Waals surface area contributed by atoms with Gasteiger partial charge in [-0.15, -0.1) is 10.2 Å². The second-order valence-electron chi connectivity index (χ2n) is 7.42. The number of rotatable bonds is 8. The minimum atomic E-state index is -0.319.